The zero-order valence-electron chi connectivity index (χ0n) is 16.7. The van der Waals surface area contributed by atoms with Crippen molar-refractivity contribution in [3.63, 3.8) is 0 Å². The Morgan fingerprint density at radius 2 is 2.20 bits per heavy atom. The number of benzene rings is 1. The highest BCUT2D eigenvalue weighted by Gasteiger charge is 2.67. The molecular formula is C22H23N3O4S. The van der Waals surface area contributed by atoms with Gasteiger partial charge in [0.15, 0.2) is 5.13 Å². The Morgan fingerprint density at radius 1 is 1.37 bits per heavy atom. The number of hydrogen-bond donors (Lipinski definition) is 1. The van der Waals surface area contributed by atoms with Gasteiger partial charge in [-0.2, -0.15) is 0 Å². The molecule has 0 radical (unpaired) electrons. The topological polar surface area (TPSA) is 80.8 Å². The lowest BCUT2D eigenvalue weighted by Crippen LogP contribution is -2.46. The maximum atomic E-state index is 13.5. The van der Waals surface area contributed by atoms with E-state index in [0.717, 1.165) is 41.6 Å². The van der Waals surface area contributed by atoms with E-state index in [1.165, 1.54) is 11.3 Å². The molecule has 4 aliphatic rings. The highest BCUT2D eigenvalue weighted by molar-refractivity contribution is 7.22. The van der Waals surface area contributed by atoms with Gasteiger partial charge in [-0.25, -0.2) is 4.98 Å². The van der Waals surface area contributed by atoms with E-state index in [0.29, 0.717) is 11.7 Å². The van der Waals surface area contributed by atoms with Crippen molar-refractivity contribution < 1.29 is 19.1 Å². The molecule has 2 bridgehead atoms. The number of carbonyl (C=O) groups is 2. The van der Waals surface area contributed by atoms with Crippen LogP contribution in [0.3, 0.4) is 0 Å². The lowest BCUT2D eigenvalue weighted by atomic mass is 9.76. The smallest absolute Gasteiger partial charge is 0.236 e. The summed E-state index contributed by atoms with van der Waals surface area (Å²) in [5.74, 6) is -0.346. The molecule has 1 saturated carbocycles. The number of hydrogen-bond acceptors (Lipinski definition) is 6. The summed E-state index contributed by atoms with van der Waals surface area (Å²) in [7, 11) is 1.62. The Hall–Kier alpha value is -2.45. The number of rotatable bonds is 4. The summed E-state index contributed by atoms with van der Waals surface area (Å²) in [4.78, 5) is 33.0. The quantitative estimate of drug-likeness (QED) is 0.762. The fraction of sp³-hybridized carbons (Fsp3) is 0.500. The van der Waals surface area contributed by atoms with E-state index < -0.39 is 17.4 Å². The Labute approximate surface area is 178 Å². The number of aromatic nitrogens is 1. The molecule has 2 saturated heterocycles. The van der Waals surface area contributed by atoms with Gasteiger partial charge in [-0.15, -0.1) is 0 Å². The maximum absolute atomic E-state index is 13.5. The van der Waals surface area contributed by atoms with E-state index in [-0.39, 0.29) is 24.0 Å². The van der Waals surface area contributed by atoms with Crippen LogP contribution in [0.1, 0.15) is 25.7 Å². The second-order valence-corrected chi connectivity index (χ2v) is 9.65. The van der Waals surface area contributed by atoms with Crippen molar-refractivity contribution in [2.45, 2.75) is 43.4 Å². The SMILES string of the molecule is COc1ccc2sc(N3C[C@@]45C=C[C@@H](O4)[C@H](C(=O)NC4CCCC4)[C@H]5C3=O)nc2c1. The number of anilines is 1. The molecule has 8 heteroatoms. The molecule has 4 heterocycles. The first-order valence-corrected chi connectivity index (χ1v) is 11.3. The van der Waals surface area contributed by atoms with E-state index in [9.17, 15) is 9.59 Å². The second-order valence-electron chi connectivity index (χ2n) is 8.64. The number of carbonyl (C=O) groups excluding carboxylic acids is 2. The van der Waals surface area contributed by atoms with Gasteiger partial charge in [0.2, 0.25) is 11.8 Å². The van der Waals surface area contributed by atoms with Crippen LogP contribution in [0.25, 0.3) is 10.2 Å². The van der Waals surface area contributed by atoms with Crippen molar-refractivity contribution in [2.24, 2.45) is 11.8 Å². The second kappa shape index (κ2) is 6.52. The number of thiazole rings is 1. The molecule has 1 spiro atoms. The van der Waals surface area contributed by atoms with Gasteiger partial charge in [0.1, 0.15) is 11.4 Å². The number of fused-ring (bicyclic) bond motifs is 2. The highest BCUT2D eigenvalue weighted by atomic mass is 32.1. The third-order valence-corrected chi connectivity index (χ3v) is 7.98. The van der Waals surface area contributed by atoms with Crippen LogP contribution in [-0.4, -0.2) is 48.2 Å². The number of nitrogens with zero attached hydrogens (tertiary/aromatic N) is 2. The molecule has 2 aromatic rings. The van der Waals surface area contributed by atoms with Crippen LogP contribution in [-0.2, 0) is 14.3 Å². The Balaban J connectivity index is 1.30. The Kier molecular flexibility index (Phi) is 3.98. The molecule has 2 amide bonds. The molecule has 3 fully saturated rings. The molecule has 156 valence electrons. The first-order chi connectivity index (χ1) is 14.6. The molecular weight excluding hydrogens is 402 g/mol. The van der Waals surface area contributed by atoms with E-state index >= 15 is 0 Å². The fourth-order valence-corrected chi connectivity index (χ4v) is 6.42. The van der Waals surface area contributed by atoms with Crippen molar-refractivity contribution in [3.05, 3.63) is 30.4 Å². The van der Waals surface area contributed by atoms with Gasteiger partial charge in [-0.05, 0) is 25.0 Å². The lowest BCUT2D eigenvalue weighted by Gasteiger charge is -2.24. The van der Waals surface area contributed by atoms with Crippen molar-refractivity contribution in [3.8, 4) is 5.75 Å². The summed E-state index contributed by atoms with van der Waals surface area (Å²) < 4.78 is 12.5. The molecule has 30 heavy (non-hydrogen) atoms. The summed E-state index contributed by atoms with van der Waals surface area (Å²) in [5, 5.41) is 3.81. The van der Waals surface area contributed by atoms with Crippen molar-refractivity contribution in [1.82, 2.24) is 10.3 Å². The number of amides is 2. The van der Waals surface area contributed by atoms with E-state index in [2.05, 4.69) is 10.3 Å². The maximum Gasteiger partial charge on any atom is 0.236 e. The standard InChI is InChI=1S/C22H23N3O4S/c1-28-13-6-7-16-14(10-13)24-21(30-16)25-11-22-9-8-15(29-22)17(18(22)20(25)27)19(26)23-12-4-2-3-5-12/h6-10,12,15,17-18H,2-5,11H2,1H3,(H,23,26)/t15-,17+,18+,22-/m1/s1. The molecule has 3 aliphatic heterocycles. The van der Waals surface area contributed by atoms with Gasteiger partial charge >= 0.3 is 0 Å². The molecule has 1 aromatic carbocycles. The minimum absolute atomic E-state index is 0.0487. The molecule has 7 nitrogen and oxygen atoms in total. The van der Waals surface area contributed by atoms with Crippen molar-refractivity contribution in [1.29, 1.82) is 0 Å². The largest absolute Gasteiger partial charge is 0.497 e. The molecule has 6 rings (SSSR count). The zero-order chi connectivity index (χ0) is 20.5. The summed E-state index contributed by atoms with van der Waals surface area (Å²) in [6.45, 7) is 0.396. The molecule has 4 atom stereocenters. The highest BCUT2D eigenvalue weighted by Crippen LogP contribution is 2.53. The monoisotopic (exact) mass is 425 g/mol. The van der Waals surface area contributed by atoms with Gasteiger partial charge in [0, 0.05) is 12.1 Å². The molecule has 1 N–H and O–H groups in total. The van der Waals surface area contributed by atoms with Crippen molar-refractivity contribution >= 4 is 38.5 Å². The Morgan fingerprint density at radius 3 is 3.00 bits per heavy atom. The lowest BCUT2D eigenvalue weighted by molar-refractivity contribution is -0.132. The molecule has 0 unspecified atom stereocenters. The van der Waals surface area contributed by atoms with Crippen LogP contribution in [0.15, 0.2) is 30.4 Å². The number of methoxy groups -OCH3 is 1. The van der Waals surface area contributed by atoms with Gasteiger partial charge in [0.25, 0.3) is 0 Å². The molecule has 1 aromatic heterocycles. The van der Waals surface area contributed by atoms with Crippen molar-refractivity contribution in [2.75, 3.05) is 18.6 Å². The first-order valence-electron chi connectivity index (χ1n) is 10.5. The average molecular weight is 426 g/mol. The Bertz CT molecular complexity index is 1080. The van der Waals surface area contributed by atoms with Gasteiger partial charge in [-0.1, -0.05) is 36.3 Å². The van der Waals surface area contributed by atoms with Gasteiger partial charge in [-0.3, -0.25) is 14.5 Å². The van der Waals surface area contributed by atoms with Crippen LogP contribution < -0.4 is 15.0 Å². The average Bonchev–Trinajstić information content (AvgIpc) is 3.54. The van der Waals surface area contributed by atoms with Crippen LogP contribution >= 0.6 is 11.3 Å². The van der Waals surface area contributed by atoms with Crippen LogP contribution in [0.4, 0.5) is 5.13 Å². The third-order valence-electron chi connectivity index (χ3n) is 6.92. The third kappa shape index (κ3) is 2.56. The van der Waals surface area contributed by atoms with E-state index in [4.69, 9.17) is 9.47 Å². The predicted molar refractivity (Wildman–Crippen MR) is 113 cm³/mol. The van der Waals surface area contributed by atoms with Crippen LogP contribution in [0.5, 0.6) is 5.75 Å². The minimum Gasteiger partial charge on any atom is -0.497 e. The van der Waals surface area contributed by atoms with E-state index in [1.807, 2.05) is 30.4 Å². The fourth-order valence-electron chi connectivity index (χ4n) is 5.46. The normalized spacial score (nSPS) is 32.4. The van der Waals surface area contributed by atoms with E-state index in [1.54, 1.807) is 12.0 Å². The minimum atomic E-state index is -0.727. The molecule has 1 aliphatic carbocycles. The zero-order valence-corrected chi connectivity index (χ0v) is 17.5. The summed E-state index contributed by atoms with van der Waals surface area (Å²) in [5.41, 5.74) is 0.0719. The van der Waals surface area contributed by atoms with Crippen LogP contribution in [0, 0.1) is 11.8 Å². The van der Waals surface area contributed by atoms with Gasteiger partial charge in [0.05, 0.1) is 41.8 Å². The summed E-state index contributed by atoms with van der Waals surface area (Å²) >= 11 is 1.47. The summed E-state index contributed by atoms with van der Waals surface area (Å²) in [6.07, 6.45) is 7.96. The summed E-state index contributed by atoms with van der Waals surface area (Å²) in [6, 6.07) is 5.94. The van der Waals surface area contributed by atoms with Gasteiger partial charge < -0.3 is 14.8 Å². The number of nitrogens with one attached hydrogen (secondary N) is 1. The number of ether oxygens (including phenoxy) is 2. The first kappa shape index (κ1) is 18.3. The van der Waals surface area contributed by atoms with Crippen LogP contribution in [0.2, 0.25) is 0 Å². The predicted octanol–water partition coefficient (Wildman–Crippen LogP) is 2.65.